The highest BCUT2D eigenvalue weighted by Crippen LogP contribution is 2.44. The van der Waals surface area contributed by atoms with Crippen LogP contribution in [-0.4, -0.2) is 17.9 Å². The summed E-state index contributed by atoms with van der Waals surface area (Å²) in [5, 5.41) is 0. The van der Waals surface area contributed by atoms with Gasteiger partial charge in [-0.2, -0.15) is 5.90 Å². The average Bonchev–Trinajstić information content (AvgIpc) is 2.75. The summed E-state index contributed by atoms with van der Waals surface area (Å²) in [6.07, 6.45) is 0. The van der Waals surface area contributed by atoms with Gasteiger partial charge in [-0.05, 0) is 36.1 Å². The molecule has 0 saturated heterocycles. The largest absolute Gasteiger partial charge is 0.408 e. The van der Waals surface area contributed by atoms with Gasteiger partial charge in [0.25, 0.3) is 5.91 Å². The number of amides is 2. The van der Waals surface area contributed by atoms with Crippen molar-refractivity contribution in [1.82, 2.24) is 0 Å². The minimum absolute atomic E-state index is 0. The first-order chi connectivity index (χ1) is 12.8. The van der Waals surface area contributed by atoms with Gasteiger partial charge < -0.3 is 10.6 Å². The number of halogens is 2. The fourth-order valence-electron chi connectivity index (χ4n) is 3.29. The molecule has 8 heteroatoms. The molecule has 1 unspecified atom stereocenters. The van der Waals surface area contributed by atoms with E-state index >= 15 is 4.39 Å². The highest BCUT2D eigenvalue weighted by Gasteiger charge is 2.39. The highest BCUT2D eigenvalue weighted by atomic mass is 35.5. The van der Waals surface area contributed by atoms with E-state index in [9.17, 15) is 9.59 Å². The van der Waals surface area contributed by atoms with Crippen LogP contribution >= 0.6 is 12.4 Å². The van der Waals surface area contributed by atoms with Gasteiger partial charge >= 0.3 is 0 Å². The first-order valence-corrected chi connectivity index (χ1v) is 8.71. The Balaban J connectivity index is 0.00000280. The molecular weight excluding hydrogens is 385 g/mol. The molecule has 2 aromatic rings. The summed E-state index contributed by atoms with van der Waals surface area (Å²) in [7, 11) is 0. The summed E-state index contributed by atoms with van der Waals surface area (Å²) in [6.45, 7) is 5.26. The number of imide groups is 1. The monoisotopic (exact) mass is 407 g/mol. The van der Waals surface area contributed by atoms with Crippen LogP contribution in [0.3, 0.4) is 0 Å². The molecule has 4 N–H and O–H groups in total. The Labute approximate surface area is 169 Å². The van der Waals surface area contributed by atoms with Crippen LogP contribution in [0.15, 0.2) is 36.4 Å². The molecule has 1 heterocycles. The van der Waals surface area contributed by atoms with E-state index in [-0.39, 0.29) is 35.3 Å². The summed E-state index contributed by atoms with van der Waals surface area (Å²) < 4.78 is 15.2. The van der Waals surface area contributed by atoms with E-state index in [1.807, 2.05) is 0 Å². The first kappa shape index (κ1) is 21.8. The topological polar surface area (TPSA) is 98.7 Å². The van der Waals surface area contributed by atoms with Crippen LogP contribution in [0.25, 0.3) is 11.1 Å². The van der Waals surface area contributed by atoms with E-state index in [4.69, 9.17) is 11.6 Å². The number of carbonyl (C=O) groups excluding carboxylic acids is 2. The fraction of sp³-hybridized carbons (Fsp3) is 0.300. The van der Waals surface area contributed by atoms with E-state index < -0.39 is 29.6 Å². The Bertz CT molecular complexity index is 920. The van der Waals surface area contributed by atoms with Crippen LogP contribution in [-0.2, 0) is 9.59 Å². The molecule has 1 aliphatic rings. The van der Waals surface area contributed by atoms with Crippen molar-refractivity contribution < 1.29 is 18.8 Å². The minimum atomic E-state index is -0.899. The number of hydrogen-bond acceptors (Lipinski definition) is 5. The van der Waals surface area contributed by atoms with Gasteiger partial charge in [0.15, 0.2) is 11.6 Å². The molecule has 0 aliphatic carbocycles. The zero-order valence-corrected chi connectivity index (χ0v) is 16.6. The molecule has 0 saturated carbocycles. The molecule has 0 aromatic heterocycles. The number of fused-ring (bicyclic) bond motifs is 3. The third kappa shape index (κ3) is 3.37. The number of benzene rings is 2. The molecule has 2 amide bonds. The molecule has 0 radical (unpaired) electrons. The number of carbonyl (C=O) groups is 2. The molecular formula is C20H23ClFN3O3. The van der Waals surface area contributed by atoms with Crippen LogP contribution in [0.2, 0.25) is 0 Å². The zero-order valence-electron chi connectivity index (χ0n) is 15.8. The van der Waals surface area contributed by atoms with Gasteiger partial charge in [-0.15, -0.1) is 12.4 Å². The maximum Gasteiger partial charge on any atom is 0.250 e. The second-order valence-electron chi connectivity index (χ2n) is 6.98. The quantitative estimate of drug-likeness (QED) is 0.761. The number of nitrogens with two attached hydrogens (primary N) is 2. The van der Waals surface area contributed by atoms with Gasteiger partial charge in [-0.1, -0.05) is 38.1 Å². The zero-order chi connectivity index (χ0) is 19.9. The maximum absolute atomic E-state index is 15.2. The Morgan fingerprint density at radius 2 is 1.86 bits per heavy atom. The van der Waals surface area contributed by atoms with Crippen LogP contribution in [0.5, 0.6) is 5.75 Å². The van der Waals surface area contributed by atoms with Crippen molar-refractivity contribution in [1.29, 1.82) is 0 Å². The van der Waals surface area contributed by atoms with Gasteiger partial charge in [0.1, 0.15) is 0 Å². The second kappa shape index (κ2) is 8.26. The van der Waals surface area contributed by atoms with Crippen molar-refractivity contribution >= 4 is 29.9 Å². The van der Waals surface area contributed by atoms with Crippen molar-refractivity contribution in [3.63, 3.8) is 0 Å². The molecule has 150 valence electrons. The third-order valence-corrected chi connectivity index (χ3v) is 4.96. The molecule has 28 heavy (non-hydrogen) atoms. The third-order valence-electron chi connectivity index (χ3n) is 4.96. The molecule has 0 bridgehead atoms. The second-order valence-corrected chi connectivity index (χ2v) is 6.98. The van der Waals surface area contributed by atoms with E-state index in [2.05, 4.69) is 4.84 Å². The maximum atomic E-state index is 15.2. The lowest BCUT2D eigenvalue weighted by Crippen LogP contribution is -2.50. The Morgan fingerprint density at radius 3 is 2.46 bits per heavy atom. The van der Waals surface area contributed by atoms with Crippen LogP contribution in [0.1, 0.15) is 32.3 Å². The summed E-state index contributed by atoms with van der Waals surface area (Å²) in [6, 6.07) is 8.81. The molecule has 0 spiro atoms. The van der Waals surface area contributed by atoms with Crippen LogP contribution in [0.4, 0.5) is 10.1 Å². The van der Waals surface area contributed by atoms with Crippen LogP contribution in [0, 0.1) is 11.7 Å². The summed E-state index contributed by atoms with van der Waals surface area (Å²) in [5.41, 5.74) is 7.38. The molecule has 1 aliphatic heterocycles. The standard InChI is InChI=1S/C20H22FN3O3.ClH/c1-10(2)18(22)20(26)24-14-8-9-15(27-23)17(21)16(14)13-7-5-4-6-12(13)11(3)19(24)25;/h4-11,18H,22-23H2,1-3H3;1H/t11?,18-;/m0./s1. The van der Waals surface area contributed by atoms with Gasteiger partial charge in [-0.3, -0.25) is 9.59 Å². The van der Waals surface area contributed by atoms with E-state index in [1.165, 1.54) is 12.1 Å². The van der Waals surface area contributed by atoms with Gasteiger partial charge in [0.05, 0.1) is 17.6 Å². The van der Waals surface area contributed by atoms with Gasteiger partial charge in [-0.25, -0.2) is 9.29 Å². The molecule has 6 nitrogen and oxygen atoms in total. The van der Waals surface area contributed by atoms with Crippen molar-refractivity contribution in [3.05, 3.63) is 47.8 Å². The number of rotatable bonds is 3. The van der Waals surface area contributed by atoms with E-state index in [1.54, 1.807) is 45.0 Å². The predicted octanol–water partition coefficient (Wildman–Crippen LogP) is 3.13. The van der Waals surface area contributed by atoms with Gasteiger partial charge in [0.2, 0.25) is 5.91 Å². The highest BCUT2D eigenvalue weighted by molar-refractivity contribution is 6.21. The first-order valence-electron chi connectivity index (χ1n) is 8.71. The summed E-state index contributed by atoms with van der Waals surface area (Å²) >= 11 is 0. The van der Waals surface area contributed by atoms with E-state index in [0.29, 0.717) is 11.1 Å². The fourth-order valence-corrected chi connectivity index (χ4v) is 3.29. The Morgan fingerprint density at radius 1 is 1.21 bits per heavy atom. The van der Waals surface area contributed by atoms with Crippen molar-refractivity contribution in [2.45, 2.75) is 32.7 Å². The Hall–Kier alpha value is -2.48. The SMILES string of the molecule is CC1C(=O)N(C(=O)[C@@H](N)C(C)C)c2ccc(ON)c(F)c2-c2ccccc21.Cl. The van der Waals surface area contributed by atoms with Crippen LogP contribution < -0.4 is 21.4 Å². The molecule has 0 fully saturated rings. The lowest BCUT2D eigenvalue weighted by atomic mass is 9.92. The number of nitrogens with zero attached hydrogens (tertiary/aromatic N) is 1. The van der Waals surface area contributed by atoms with Crippen molar-refractivity contribution in [2.24, 2.45) is 17.5 Å². The average molecular weight is 408 g/mol. The number of anilines is 1. The predicted molar refractivity (Wildman–Crippen MR) is 108 cm³/mol. The van der Waals surface area contributed by atoms with E-state index in [0.717, 1.165) is 4.90 Å². The minimum Gasteiger partial charge on any atom is -0.408 e. The number of hydrogen-bond donors (Lipinski definition) is 2. The van der Waals surface area contributed by atoms with Crippen molar-refractivity contribution in [3.8, 4) is 16.9 Å². The normalized spacial score (nSPS) is 16.6. The lowest BCUT2D eigenvalue weighted by Gasteiger charge is -2.27. The Kier molecular flexibility index (Phi) is 6.44. The smallest absolute Gasteiger partial charge is 0.250 e. The summed E-state index contributed by atoms with van der Waals surface area (Å²) in [5.74, 6) is 2.39. The van der Waals surface area contributed by atoms with Crippen molar-refractivity contribution in [2.75, 3.05) is 4.90 Å². The summed E-state index contributed by atoms with van der Waals surface area (Å²) in [4.78, 5) is 31.8. The molecule has 2 aromatic carbocycles. The molecule has 2 atom stereocenters. The molecule has 3 rings (SSSR count). The lowest BCUT2D eigenvalue weighted by molar-refractivity contribution is -0.128. The van der Waals surface area contributed by atoms with Gasteiger partial charge in [0, 0.05) is 5.56 Å².